The van der Waals surface area contributed by atoms with Crippen LogP contribution in [0, 0.1) is 5.92 Å². The molecular weight excluding hydrogens is 226 g/mol. The van der Waals surface area contributed by atoms with Gasteiger partial charge in [0, 0.05) is 4.88 Å². The molecule has 1 aromatic heterocycles. The van der Waals surface area contributed by atoms with Gasteiger partial charge in [-0.1, -0.05) is 31.4 Å². The third-order valence-electron chi connectivity index (χ3n) is 3.51. The first-order valence-corrected chi connectivity index (χ1v) is 7.72. The Morgan fingerprint density at radius 3 is 2.88 bits per heavy atom. The Morgan fingerprint density at radius 1 is 1.29 bits per heavy atom. The maximum absolute atomic E-state index is 5.53. The van der Waals surface area contributed by atoms with E-state index in [1.807, 2.05) is 11.3 Å². The highest BCUT2D eigenvalue weighted by atomic mass is 32.1. The summed E-state index contributed by atoms with van der Waals surface area (Å²) in [5.74, 6) is 0.830. The quantitative estimate of drug-likeness (QED) is 0.830. The van der Waals surface area contributed by atoms with Gasteiger partial charge in [-0.05, 0) is 55.2 Å². The average Bonchev–Trinajstić information content (AvgIpc) is 2.83. The topological polar surface area (TPSA) is 26.0 Å². The van der Waals surface area contributed by atoms with Gasteiger partial charge in [0.15, 0.2) is 0 Å². The Kier molecular flexibility index (Phi) is 5.27. The van der Waals surface area contributed by atoms with Crippen molar-refractivity contribution in [2.45, 2.75) is 44.9 Å². The van der Waals surface area contributed by atoms with Gasteiger partial charge in [-0.2, -0.15) is 0 Å². The van der Waals surface area contributed by atoms with Gasteiger partial charge < -0.3 is 5.73 Å². The third kappa shape index (κ3) is 4.29. The fraction of sp³-hybridized carbons (Fsp3) is 0.600. The molecule has 0 radical (unpaired) electrons. The predicted octanol–water partition coefficient (Wildman–Crippen LogP) is 4.23. The van der Waals surface area contributed by atoms with Gasteiger partial charge in [0.25, 0.3) is 0 Å². The van der Waals surface area contributed by atoms with Crippen LogP contribution in [0.25, 0.3) is 6.08 Å². The number of nitrogens with two attached hydrogens (primary N) is 1. The SMILES string of the molecule is NCCCc1cc(/C=C/C2CCCCC2)cs1. The van der Waals surface area contributed by atoms with E-state index in [4.69, 9.17) is 5.73 Å². The summed E-state index contributed by atoms with van der Waals surface area (Å²) >= 11 is 1.87. The zero-order valence-corrected chi connectivity index (χ0v) is 11.3. The Hall–Kier alpha value is -0.600. The van der Waals surface area contributed by atoms with Gasteiger partial charge in [-0.15, -0.1) is 11.3 Å². The van der Waals surface area contributed by atoms with E-state index in [-0.39, 0.29) is 0 Å². The van der Waals surface area contributed by atoms with Gasteiger partial charge >= 0.3 is 0 Å². The first-order valence-electron chi connectivity index (χ1n) is 6.84. The maximum atomic E-state index is 5.53. The molecule has 0 amide bonds. The van der Waals surface area contributed by atoms with E-state index in [0.29, 0.717) is 0 Å². The lowest BCUT2D eigenvalue weighted by atomic mass is 9.89. The van der Waals surface area contributed by atoms with E-state index in [0.717, 1.165) is 25.3 Å². The fourth-order valence-electron chi connectivity index (χ4n) is 2.47. The summed E-state index contributed by atoms with van der Waals surface area (Å²) in [4.78, 5) is 1.47. The average molecular weight is 249 g/mol. The molecule has 2 rings (SSSR count). The zero-order valence-electron chi connectivity index (χ0n) is 10.5. The second-order valence-electron chi connectivity index (χ2n) is 5.00. The predicted molar refractivity (Wildman–Crippen MR) is 77.3 cm³/mol. The molecule has 0 unspecified atom stereocenters. The van der Waals surface area contributed by atoms with Gasteiger partial charge in [-0.3, -0.25) is 0 Å². The van der Waals surface area contributed by atoms with Gasteiger partial charge in [0.2, 0.25) is 0 Å². The summed E-state index contributed by atoms with van der Waals surface area (Å²) in [7, 11) is 0. The highest BCUT2D eigenvalue weighted by molar-refractivity contribution is 7.10. The van der Waals surface area contributed by atoms with Crippen molar-refractivity contribution in [3.05, 3.63) is 28.0 Å². The van der Waals surface area contributed by atoms with E-state index >= 15 is 0 Å². The Balaban J connectivity index is 1.84. The molecule has 1 fully saturated rings. The van der Waals surface area contributed by atoms with E-state index in [2.05, 4.69) is 23.6 Å². The molecule has 0 aliphatic heterocycles. The Bertz CT molecular complexity index is 348. The number of rotatable bonds is 5. The normalized spacial score (nSPS) is 17.9. The second-order valence-corrected chi connectivity index (χ2v) is 5.99. The molecule has 0 saturated heterocycles. The summed E-state index contributed by atoms with van der Waals surface area (Å²) in [6.07, 6.45) is 14.0. The minimum absolute atomic E-state index is 0.797. The first kappa shape index (κ1) is 12.8. The van der Waals surface area contributed by atoms with Crippen LogP contribution >= 0.6 is 11.3 Å². The molecule has 1 saturated carbocycles. The highest BCUT2D eigenvalue weighted by Gasteiger charge is 2.09. The number of hydrogen-bond acceptors (Lipinski definition) is 2. The molecule has 0 atom stereocenters. The Labute approximate surface area is 109 Å². The highest BCUT2D eigenvalue weighted by Crippen LogP contribution is 2.26. The van der Waals surface area contributed by atoms with E-state index in [9.17, 15) is 0 Å². The fourth-order valence-corrected chi connectivity index (χ4v) is 3.37. The lowest BCUT2D eigenvalue weighted by Crippen LogP contribution is -2.02. The van der Waals surface area contributed by atoms with Crippen molar-refractivity contribution >= 4 is 17.4 Å². The van der Waals surface area contributed by atoms with Crippen molar-refractivity contribution in [3.63, 3.8) is 0 Å². The van der Waals surface area contributed by atoms with E-state index in [1.54, 1.807) is 0 Å². The molecule has 1 aromatic rings. The monoisotopic (exact) mass is 249 g/mol. The third-order valence-corrected chi connectivity index (χ3v) is 4.53. The summed E-state index contributed by atoms with van der Waals surface area (Å²) in [5.41, 5.74) is 6.91. The van der Waals surface area contributed by atoms with Crippen LogP contribution in [0.15, 0.2) is 17.5 Å². The van der Waals surface area contributed by atoms with Crippen molar-refractivity contribution in [2.24, 2.45) is 11.7 Å². The van der Waals surface area contributed by atoms with Gasteiger partial charge in [-0.25, -0.2) is 0 Å². The molecule has 17 heavy (non-hydrogen) atoms. The summed E-state index contributed by atoms with van der Waals surface area (Å²) in [6.45, 7) is 0.797. The number of hydrogen-bond donors (Lipinski definition) is 1. The van der Waals surface area contributed by atoms with Crippen LogP contribution in [0.3, 0.4) is 0 Å². The van der Waals surface area contributed by atoms with Crippen molar-refractivity contribution in [2.75, 3.05) is 6.54 Å². The summed E-state index contributed by atoms with van der Waals surface area (Å²) in [5, 5.41) is 2.27. The maximum Gasteiger partial charge on any atom is 0.00518 e. The Morgan fingerprint density at radius 2 is 2.12 bits per heavy atom. The van der Waals surface area contributed by atoms with E-state index < -0.39 is 0 Å². The molecule has 2 heteroatoms. The largest absolute Gasteiger partial charge is 0.330 e. The molecule has 1 aliphatic carbocycles. The van der Waals surface area contributed by atoms with Crippen molar-refractivity contribution < 1.29 is 0 Å². The lowest BCUT2D eigenvalue weighted by Gasteiger charge is -2.17. The van der Waals surface area contributed by atoms with Crippen LogP contribution in [0.1, 0.15) is 49.0 Å². The molecule has 0 bridgehead atoms. The van der Waals surface area contributed by atoms with Gasteiger partial charge in [0.1, 0.15) is 0 Å². The first-order chi connectivity index (χ1) is 8.38. The molecule has 94 valence electrons. The second kappa shape index (κ2) is 6.97. The van der Waals surface area contributed by atoms with Crippen LogP contribution < -0.4 is 5.73 Å². The van der Waals surface area contributed by atoms with Crippen LogP contribution in [0.2, 0.25) is 0 Å². The van der Waals surface area contributed by atoms with Gasteiger partial charge in [0.05, 0.1) is 0 Å². The molecule has 2 N–H and O–H groups in total. The summed E-state index contributed by atoms with van der Waals surface area (Å²) in [6, 6.07) is 2.32. The molecule has 0 aromatic carbocycles. The molecular formula is C15H23NS. The molecule has 1 heterocycles. The van der Waals surface area contributed by atoms with E-state index in [1.165, 1.54) is 42.5 Å². The smallest absolute Gasteiger partial charge is 0.00518 e. The van der Waals surface area contributed by atoms with Crippen LogP contribution in [-0.2, 0) is 6.42 Å². The standard InChI is InChI=1S/C15H23NS/c16-10-4-7-15-11-14(12-17-15)9-8-13-5-2-1-3-6-13/h8-9,11-13H,1-7,10,16H2/b9-8+. The van der Waals surface area contributed by atoms with Crippen molar-refractivity contribution in [1.29, 1.82) is 0 Å². The van der Waals surface area contributed by atoms with Crippen LogP contribution in [0.4, 0.5) is 0 Å². The number of aryl methyl sites for hydroxylation is 1. The van der Waals surface area contributed by atoms with Crippen molar-refractivity contribution in [3.8, 4) is 0 Å². The number of thiophene rings is 1. The zero-order chi connectivity index (χ0) is 11.9. The minimum atomic E-state index is 0.797. The molecule has 1 aliphatic rings. The number of allylic oxidation sites excluding steroid dienone is 1. The lowest BCUT2D eigenvalue weighted by molar-refractivity contribution is 0.420. The van der Waals surface area contributed by atoms with Crippen LogP contribution in [-0.4, -0.2) is 6.54 Å². The molecule has 1 nitrogen and oxygen atoms in total. The minimum Gasteiger partial charge on any atom is -0.330 e. The van der Waals surface area contributed by atoms with Crippen LogP contribution in [0.5, 0.6) is 0 Å². The summed E-state index contributed by atoms with van der Waals surface area (Å²) < 4.78 is 0. The van der Waals surface area contributed by atoms with Crippen molar-refractivity contribution in [1.82, 2.24) is 0 Å². The molecule has 0 spiro atoms.